The lowest BCUT2D eigenvalue weighted by molar-refractivity contribution is 0.929. The number of anilines is 3. The summed E-state index contributed by atoms with van der Waals surface area (Å²) in [6.45, 7) is 2.82. The van der Waals surface area contributed by atoms with Crippen molar-refractivity contribution in [3.63, 3.8) is 0 Å². The average molecular weight is 305 g/mol. The number of nitrogens with one attached hydrogen (secondary N) is 2. The molecule has 0 radical (unpaired) electrons. The van der Waals surface area contributed by atoms with Gasteiger partial charge in [0.15, 0.2) is 5.82 Å². The van der Waals surface area contributed by atoms with Crippen molar-refractivity contribution >= 4 is 17.5 Å². The molecule has 0 aliphatic rings. The summed E-state index contributed by atoms with van der Waals surface area (Å²) in [6.07, 6.45) is 2.53. The second-order valence-corrected chi connectivity index (χ2v) is 5.32. The summed E-state index contributed by atoms with van der Waals surface area (Å²) >= 11 is 0. The van der Waals surface area contributed by atoms with Crippen LogP contribution in [0.2, 0.25) is 0 Å². The smallest absolute Gasteiger partial charge is 0.244 e. The van der Waals surface area contributed by atoms with E-state index in [4.69, 9.17) is 0 Å². The molecule has 5 nitrogen and oxygen atoms in total. The topological polar surface area (TPSA) is 62.7 Å². The van der Waals surface area contributed by atoms with Gasteiger partial charge in [0, 0.05) is 12.2 Å². The molecular formula is C18H19N5. The molecule has 0 aliphatic heterocycles. The van der Waals surface area contributed by atoms with Crippen molar-refractivity contribution in [3.8, 4) is 0 Å². The molecule has 2 N–H and O–H groups in total. The van der Waals surface area contributed by atoms with Crippen molar-refractivity contribution < 1.29 is 0 Å². The van der Waals surface area contributed by atoms with E-state index in [1.54, 1.807) is 6.20 Å². The van der Waals surface area contributed by atoms with Gasteiger partial charge in [-0.2, -0.15) is 10.1 Å². The predicted molar refractivity (Wildman–Crippen MR) is 92.9 cm³/mol. The zero-order valence-corrected chi connectivity index (χ0v) is 13.0. The molecule has 0 saturated carbocycles. The van der Waals surface area contributed by atoms with E-state index in [-0.39, 0.29) is 0 Å². The fraction of sp³-hybridized carbons (Fsp3) is 0.167. The molecule has 0 amide bonds. The Labute approximate surface area is 135 Å². The van der Waals surface area contributed by atoms with E-state index in [9.17, 15) is 0 Å². The first-order valence-electron chi connectivity index (χ1n) is 7.61. The highest BCUT2D eigenvalue weighted by Gasteiger charge is 2.01. The highest BCUT2D eigenvalue weighted by Crippen LogP contribution is 2.15. The van der Waals surface area contributed by atoms with Crippen LogP contribution in [0.15, 0.2) is 60.8 Å². The summed E-state index contributed by atoms with van der Waals surface area (Å²) in [5, 5.41) is 14.5. The number of aromatic nitrogens is 3. The lowest BCUT2D eigenvalue weighted by Crippen LogP contribution is -2.09. The zero-order valence-electron chi connectivity index (χ0n) is 13.0. The summed E-state index contributed by atoms with van der Waals surface area (Å²) in [5.74, 6) is 1.20. The van der Waals surface area contributed by atoms with Gasteiger partial charge in [0.25, 0.3) is 0 Å². The van der Waals surface area contributed by atoms with Gasteiger partial charge in [-0.15, -0.1) is 5.10 Å². The number of aryl methyl sites for hydroxylation is 1. The fourth-order valence-electron chi connectivity index (χ4n) is 2.27. The van der Waals surface area contributed by atoms with E-state index < -0.39 is 0 Å². The van der Waals surface area contributed by atoms with Crippen LogP contribution in [-0.2, 0) is 6.42 Å². The minimum atomic E-state index is 0.526. The average Bonchev–Trinajstić information content (AvgIpc) is 2.56. The standard InChI is InChI=1S/C18H19N5/c1-14-6-5-9-16(12-14)21-17-13-20-23-18(22-17)19-11-10-15-7-3-2-4-8-15/h2-9,12-13H,10-11H2,1H3,(H2,19,21,22,23). The number of nitrogens with zero attached hydrogens (tertiary/aromatic N) is 3. The van der Waals surface area contributed by atoms with Gasteiger partial charge >= 0.3 is 0 Å². The van der Waals surface area contributed by atoms with Gasteiger partial charge in [-0.25, -0.2) is 0 Å². The SMILES string of the molecule is Cc1cccc(Nc2cnnc(NCCc3ccccc3)n2)c1. The van der Waals surface area contributed by atoms with Gasteiger partial charge in [0.1, 0.15) is 0 Å². The van der Waals surface area contributed by atoms with E-state index in [0.29, 0.717) is 11.8 Å². The van der Waals surface area contributed by atoms with Gasteiger partial charge in [0.05, 0.1) is 6.20 Å². The number of hydrogen-bond acceptors (Lipinski definition) is 5. The largest absolute Gasteiger partial charge is 0.353 e. The minimum Gasteiger partial charge on any atom is -0.353 e. The van der Waals surface area contributed by atoms with Gasteiger partial charge in [-0.1, -0.05) is 42.5 Å². The Morgan fingerprint density at radius 2 is 1.87 bits per heavy atom. The van der Waals surface area contributed by atoms with Crippen LogP contribution >= 0.6 is 0 Å². The van der Waals surface area contributed by atoms with E-state index in [0.717, 1.165) is 18.7 Å². The Morgan fingerprint density at radius 1 is 1.00 bits per heavy atom. The van der Waals surface area contributed by atoms with Crippen molar-refractivity contribution in [2.24, 2.45) is 0 Å². The van der Waals surface area contributed by atoms with Crippen molar-refractivity contribution in [2.75, 3.05) is 17.2 Å². The molecule has 0 bridgehead atoms. The molecule has 116 valence electrons. The molecule has 3 aromatic rings. The maximum absolute atomic E-state index is 4.43. The highest BCUT2D eigenvalue weighted by atomic mass is 15.3. The van der Waals surface area contributed by atoms with E-state index >= 15 is 0 Å². The van der Waals surface area contributed by atoms with Crippen molar-refractivity contribution in [1.82, 2.24) is 15.2 Å². The molecule has 1 aromatic heterocycles. The van der Waals surface area contributed by atoms with Crippen LogP contribution in [0, 0.1) is 6.92 Å². The van der Waals surface area contributed by atoms with Crippen LogP contribution < -0.4 is 10.6 Å². The van der Waals surface area contributed by atoms with Gasteiger partial charge < -0.3 is 10.6 Å². The molecule has 23 heavy (non-hydrogen) atoms. The molecule has 5 heteroatoms. The molecule has 2 aromatic carbocycles. The number of rotatable bonds is 6. The Bertz CT molecular complexity index is 758. The van der Waals surface area contributed by atoms with E-state index in [2.05, 4.69) is 57.0 Å². The van der Waals surface area contributed by atoms with Gasteiger partial charge in [0.2, 0.25) is 5.95 Å². The van der Waals surface area contributed by atoms with Crippen LogP contribution in [-0.4, -0.2) is 21.7 Å². The summed E-state index contributed by atoms with van der Waals surface area (Å²) in [5.41, 5.74) is 3.46. The maximum atomic E-state index is 4.43. The number of benzene rings is 2. The van der Waals surface area contributed by atoms with Crippen LogP contribution in [0.1, 0.15) is 11.1 Å². The Kier molecular flexibility index (Phi) is 4.79. The minimum absolute atomic E-state index is 0.526. The van der Waals surface area contributed by atoms with Gasteiger partial charge in [-0.3, -0.25) is 0 Å². The summed E-state index contributed by atoms with van der Waals surface area (Å²) in [7, 11) is 0. The predicted octanol–water partition coefficient (Wildman–Crippen LogP) is 3.58. The Hall–Kier alpha value is -2.95. The Balaban J connectivity index is 1.59. The van der Waals surface area contributed by atoms with Crippen molar-refractivity contribution in [3.05, 3.63) is 71.9 Å². The van der Waals surface area contributed by atoms with Crippen LogP contribution in [0.3, 0.4) is 0 Å². The lowest BCUT2D eigenvalue weighted by atomic mass is 10.1. The first kappa shape index (κ1) is 15.0. The molecular weight excluding hydrogens is 286 g/mol. The fourth-order valence-corrected chi connectivity index (χ4v) is 2.27. The summed E-state index contributed by atoms with van der Waals surface area (Å²) in [4.78, 5) is 4.43. The van der Waals surface area contributed by atoms with E-state index in [1.807, 2.05) is 30.3 Å². The monoisotopic (exact) mass is 305 g/mol. The molecule has 0 saturated heterocycles. The second-order valence-electron chi connectivity index (χ2n) is 5.32. The van der Waals surface area contributed by atoms with Gasteiger partial charge in [-0.05, 0) is 36.6 Å². The third-order valence-electron chi connectivity index (χ3n) is 3.39. The summed E-state index contributed by atoms with van der Waals surface area (Å²) in [6, 6.07) is 18.4. The normalized spacial score (nSPS) is 10.3. The lowest BCUT2D eigenvalue weighted by Gasteiger charge is -2.08. The third-order valence-corrected chi connectivity index (χ3v) is 3.39. The molecule has 3 rings (SSSR count). The quantitative estimate of drug-likeness (QED) is 0.729. The second kappa shape index (κ2) is 7.35. The molecule has 0 unspecified atom stereocenters. The molecule has 0 atom stereocenters. The maximum Gasteiger partial charge on any atom is 0.244 e. The third kappa shape index (κ3) is 4.51. The molecule has 0 spiro atoms. The summed E-state index contributed by atoms with van der Waals surface area (Å²) < 4.78 is 0. The zero-order chi connectivity index (χ0) is 15.9. The molecule has 0 fully saturated rings. The van der Waals surface area contributed by atoms with Crippen molar-refractivity contribution in [2.45, 2.75) is 13.3 Å². The number of hydrogen-bond donors (Lipinski definition) is 2. The van der Waals surface area contributed by atoms with Crippen LogP contribution in [0.5, 0.6) is 0 Å². The first-order valence-corrected chi connectivity index (χ1v) is 7.61. The molecule has 0 aliphatic carbocycles. The van der Waals surface area contributed by atoms with Crippen LogP contribution in [0.4, 0.5) is 17.5 Å². The Morgan fingerprint density at radius 3 is 2.70 bits per heavy atom. The van der Waals surface area contributed by atoms with Crippen molar-refractivity contribution in [1.29, 1.82) is 0 Å². The van der Waals surface area contributed by atoms with E-state index in [1.165, 1.54) is 11.1 Å². The molecule has 1 heterocycles. The first-order chi connectivity index (χ1) is 11.3. The highest BCUT2D eigenvalue weighted by molar-refractivity contribution is 5.56. The van der Waals surface area contributed by atoms with Crippen LogP contribution in [0.25, 0.3) is 0 Å².